The minimum Gasteiger partial charge on any atom is -0.477 e. The first-order valence-electron chi connectivity index (χ1n) is 7.37. The fourth-order valence-corrected chi connectivity index (χ4v) is 3.44. The van der Waals surface area contributed by atoms with E-state index < -0.39 is 11.9 Å². The lowest BCUT2D eigenvalue weighted by atomic mass is 9.56. The zero-order chi connectivity index (χ0) is 14.9. The summed E-state index contributed by atoms with van der Waals surface area (Å²) in [7, 11) is 0. The van der Waals surface area contributed by atoms with Crippen LogP contribution in [0.4, 0.5) is 13.2 Å². The van der Waals surface area contributed by atoms with Crippen molar-refractivity contribution >= 4 is 0 Å². The lowest BCUT2D eigenvalue weighted by Gasteiger charge is -2.52. The van der Waals surface area contributed by atoms with Crippen molar-refractivity contribution in [1.29, 1.82) is 0 Å². The number of rotatable bonds is 3. The van der Waals surface area contributed by atoms with Crippen molar-refractivity contribution in [3.8, 4) is 5.88 Å². The van der Waals surface area contributed by atoms with Crippen molar-refractivity contribution in [3.05, 3.63) is 23.9 Å². The van der Waals surface area contributed by atoms with Crippen molar-refractivity contribution in [3.63, 3.8) is 0 Å². The zero-order valence-electron chi connectivity index (χ0n) is 11.7. The second kappa shape index (κ2) is 5.48. The molecule has 1 unspecified atom stereocenters. The summed E-state index contributed by atoms with van der Waals surface area (Å²) >= 11 is 0. The summed E-state index contributed by atoms with van der Waals surface area (Å²) in [5, 5.41) is 3.35. The van der Waals surface area contributed by atoms with Gasteiger partial charge in [0, 0.05) is 6.07 Å². The van der Waals surface area contributed by atoms with Gasteiger partial charge in [-0.25, -0.2) is 4.98 Å². The molecule has 2 aliphatic rings. The molecule has 1 N–H and O–H groups in total. The predicted octanol–water partition coefficient (Wildman–Crippen LogP) is 3.26. The van der Waals surface area contributed by atoms with E-state index in [9.17, 15) is 13.2 Å². The van der Waals surface area contributed by atoms with Gasteiger partial charge in [-0.1, -0.05) is 6.07 Å². The molecule has 2 fully saturated rings. The van der Waals surface area contributed by atoms with Crippen LogP contribution in [-0.2, 0) is 6.18 Å². The van der Waals surface area contributed by atoms with E-state index in [4.69, 9.17) is 4.74 Å². The molecule has 1 saturated heterocycles. The first-order valence-corrected chi connectivity index (χ1v) is 7.37. The van der Waals surface area contributed by atoms with Gasteiger partial charge in [-0.2, -0.15) is 13.2 Å². The minimum absolute atomic E-state index is 0.0702. The van der Waals surface area contributed by atoms with Crippen LogP contribution in [0.2, 0.25) is 0 Å². The van der Waals surface area contributed by atoms with Crippen LogP contribution in [0.25, 0.3) is 0 Å². The van der Waals surface area contributed by atoms with E-state index in [0.29, 0.717) is 17.9 Å². The van der Waals surface area contributed by atoms with Crippen LogP contribution in [0.5, 0.6) is 5.88 Å². The van der Waals surface area contributed by atoms with Gasteiger partial charge in [-0.3, -0.25) is 0 Å². The lowest BCUT2D eigenvalue weighted by Crippen LogP contribution is -2.49. The highest BCUT2D eigenvalue weighted by atomic mass is 19.4. The van der Waals surface area contributed by atoms with Gasteiger partial charge in [-0.05, 0) is 56.2 Å². The predicted molar refractivity (Wildman–Crippen MR) is 72.0 cm³/mol. The van der Waals surface area contributed by atoms with Crippen molar-refractivity contribution in [2.45, 2.75) is 31.9 Å². The third-order valence-corrected chi connectivity index (χ3v) is 4.90. The molecule has 1 aliphatic heterocycles. The Morgan fingerprint density at radius 1 is 1.24 bits per heavy atom. The maximum Gasteiger partial charge on any atom is 0.433 e. The Hall–Kier alpha value is -1.30. The molecule has 1 spiro atoms. The van der Waals surface area contributed by atoms with Crippen molar-refractivity contribution in [2.24, 2.45) is 11.3 Å². The van der Waals surface area contributed by atoms with Crippen LogP contribution < -0.4 is 10.1 Å². The Bertz CT molecular complexity index is 498. The maximum absolute atomic E-state index is 12.6. The quantitative estimate of drug-likeness (QED) is 0.930. The summed E-state index contributed by atoms with van der Waals surface area (Å²) < 4.78 is 43.4. The van der Waals surface area contributed by atoms with Crippen LogP contribution in [0.3, 0.4) is 0 Å². The smallest absolute Gasteiger partial charge is 0.433 e. The summed E-state index contributed by atoms with van der Waals surface area (Å²) in [6, 6.07) is 3.79. The molecule has 1 aliphatic carbocycles. The number of nitrogens with one attached hydrogen (secondary N) is 1. The molecular formula is C15H19F3N2O. The highest BCUT2D eigenvalue weighted by molar-refractivity contribution is 5.18. The molecule has 116 valence electrons. The fraction of sp³-hybridized carbons (Fsp3) is 0.667. The second-order valence-electron chi connectivity index (χ2n) is 6.02. The third kappa shape index (κ3) is 3.00. The van der Waals surface area contributed by atoms with Gasteiger partial charge in [0.2, 0.25) is 5.88 Å². The topological polar surface area (TPSA) is 34.1 Å². The summed E-state index contributed by atoms with van der Waals surface area (Å²) in [5.41, 5.74) is -0.558. The summed E-state index contributed by atoms with van der Waals surface area (Å²) in [6.07, 6.45) is 0.151. The van der Waals surface area contributed by atoms with Crippen molar-refractivity contribution < 1.29 is 17.9 Å². The Labute approximate surface area is 121 Å². The summed E-state index contributed by atoms with van der Waals surface area (Å²) in [6.45, 7) is 2.52. The van der Waals surface area contributed by atoms with Gasteiger partial charge >= 0.3 is 6.18 Å². The maximum atomic E-state index is 12.6. The lowest BCUT2D eigenvalue weighted by molar-refractivity contribution is -0.141. The number of hydrogen-bond donors (Lipinski definition) is 1. The van der Waals surface area contributed by atoms with E-state index in [0.717, 1.165) is 38.4 Å². The number of nitrogens with zero attached hydrogens (tertiary/aromatic N) is 1. The number of alkyl halides is 3. The Morgan fingerprint density at radius 3 is 2.62 bits per heavy atom. The SMILES string of the molecule is FC(F)(F)c1cccc(OCC2CCC23CCNCC3)n1. The van der Waals surface area contributed by atoms with Gasteiger partial charge in [0.25, 0.3) is 0 Å². The number of halogens is 3. The van der Waals surface area contributed by atoms with Gasteiger partial charge < -0.3 is 10.1 Å². The molecular weight excluding hydrogens is 281 g/mol. The Morgan fingerprint density at radius 2 is 2.00 bits per heavy atom. The highest BCUT2D eigenvalue weighted by Gasteiger charge is 2.47. The zero-order valence-corrected chi connectivity index (χ0v) is 11.7. The van der Waals surface area contributed by atoms with Crippen LogP contribution in [0.1, 0.15) is 31.4 Å². The molecule has 0 bridgehead atoms. The van der Waals surface area contributed by atoms with Gasteiger partial charge in [-0.15, -0.1) is 0 Å². The standard InChI is InChI=1S/C15H19F3N2O/c16-15(17,18)12-2-1-3-13(20-12)21-10-11-4-5-14(11)6-8-19-9-7-14/h1-3,11,19H,4-10H2. The van der Waals surface area contributed by atoms with Crippen molar-refractivity contribution in [1.82, 2.24) is 10.3 Å². The summed E-state index contributed by atoms with van der Waals surface area (Å²) in [4.78, 5) is 3.55. The van der Waals surface area contributed by atoms with Gasteiger partial charge in [0.15, 0.2) is 0 Å². The Kier molecular flexibility index (Phi) is 3.82. The van der Waals surface area contributed by atoms with E-state index in [1.807, 2.05) is 0 Å². The molecule has 1 atom stereocenters. The largest absolute Gasteiger partial charge is 0.477 e. The van der Waals surface area contributed by atoms with E-state index in [-0.39, 0.29) is 5.88 Å². The first-order chi connectivity index (χ1) is 10.00. The number of pyridine rings is 1. The summed E-state index contributed by atoms with van der Waals surface area (Å²) in [5.74, 6) is 0.511. The average molecular weight is 300 g/mol. The molecule has 1 aromatic rings. The van der Waals surface area contributed by atoms with Crippen molar-refractivity contribution in [2.75, 3.05) is 19.7 Å². The number of ether oxygens (including phenoxy) is 1. The van der Waals surface area contributed by atoms with Gasteiger partial charge in [0.1, 0.15) is 5.69 Å². The molecule has 3 rings (SSSR count). The van der Waals surface area contributed by atoms with Gasteiger partial charge in [0.05, 0.1) is 6.61 Å². The monoisotopic (exact) mass is 300 g/mol. The van der Waals surface area contributed by atoms with Crippen LogP contribution in [-0.4, -0.2) is 24.7 Å². The van der Waals surface area contributed by atoms with Crippen LogP contribution >= 0.6 is 0 Å². The van der Waals surface area contributed by atoms with E-state index in [2.05, 4.69) is 10.3 Å². The Balaban J connectivity index is 1.60. The number of aromatic nitrogens is 1. The van der Waals surface area contributed by atoms with E-state index in [1.165, 1.54) is 18.6 Å². The van der Waals surface area contributed by atoms with Crippen LogP contribution in [0.15, 0.2) is 18.2 Å². The number of piperidine rings is 1. The molecule has 1 saturated carbocycles. The first kappa shape index (κ1) is 14.6. The second-order valence-corrected chi connectivity index (χ2v) is 6.02. The highest BCUT2D eigenvalue weighted by Crippen LogP contribution is 2.52. The van der Waals surface area contributed by atoms with Crippen LogP contribution in [0, 0.1) is 11.3 Å². The molecule has 1 aromatic heterocycles. The molecule has 6 heteroatoms. The molecule has 2 heterocycles. The fourth-order valence-electron chi connectivity index (χ4n) is 3.44. The molecule has 21 heavy (non-hydrogen) atoms. The third-order valence-electron chi connectivity index (χ3n) is 4.90. The minimum atomic E-state index is -4.42. The molecule has 0 aromatic carbocycles. The number of hydrogen-bond acceptors (Lipinski definition) is 3. The van der Waals surface area contributed by atoms with E-state index in [1.54, 1.807) is 0 Å². The normalized spacial score (nSPS) is 24.6. The molecule has 0 radical (unpaired) electrons. The molecule has 3 nitrogen and oxygen atoms in total. The molecule has 0 amide bonds. The average Bonchev–Trinajstić information content (AvgIpc) is 2.47. The van der Waals surface area contributed by atoms with E-state index >= 15 is 0 Å².